The molecule has 6 heteroatoms. The summed E-state index contributed by atoms with van der Waals surface area (Å²) in [5.41, 5.74) is 0.541. The fourth-order valence-electron chi connectivity index (χ4n) is 3.25. The average Bonchev–Trinajstić information content (AvgIpc) is 3.42. The largest absolute Gasteiger partial charge is 0.491 e. The van der Waals surface area contributed by atoms with Gasteiger partial charge in [0.2, 0.25) is 0 Å². The molecule has 0 radical (unpaired) electrons. The van der Waals surface area contributed by atoms with Gasteiger partial charge in [0.1, 0.15) is 23.8 Å². The third kappa shape index (κ3) is 3.70. The van der Waals surface area contributed by atoms with Gasteiger partial charge in [-0.15, -0.1) is 0 Å². The lowest BCUT2D eigenvalue weighted by Gasteiger charge is -2.23. The van der Waals surface area contributed by atoms with E-state index in [1.54, 1.807) is 17.3 Å². The SMILES string of the molecule is Cc1cccc(OC[C@]2(O)CCN(C(=O)c3cnc(C4CC4)nc3)C2)c1. The quantitative estimate of drug-likeness (QED) is 0.893. The highest BCUT2D eigenvalue weighted by molar-refractivity contribution is 5.93. The van der Waals surface area contributed by atoms with Gasteiger partial charge in [-0.3, -0.25) is 4.79 Å². The molecule has 0 bridgehead atoms. The lowest BCUT2D eigenvalue weighted by atomic mass is 10.1. The Kier molecular flexibility index (Phi) is 4.36. The summed E-state index contributed by atoms with van der Waals surface area (Å²) in [6.45, 7) is 2.91. The van der Waals surface area contributed by atoms with Crippen molar-refractivity contribution in [2.24, 2.45) is 0 Å². The van der Waals surface area contributed by atoms with Crippen LogP contribution in [-0.4, -0.2) is 51.2 Å². The number of hydrogen-bond acceptors (Lipinski definition) is 5. The van der Waals surface area contributed by atoms with Crippen molar-refractivity contribution < 1.29 is 14.6 Å². The zero-order valence-electron chi connectivity index (χ0n) is 14.9. The second-order valence-electron chi connectivity index (χ2n) is 7.41. The molecule has 2 fully saturated rings. The van der Waals surface area contributed by atoms with Gasteiger partial charge in [0.25, 0.3) is 5.91 Å². The van der Waals surface area contributed by atoms with E-state index in [9.17, 15) is 9.90 Å². The first-order valence-electron chi connectivity index (χ1n) is 9.05. The molecule has 1 saturated heterocycles. The van der Waals surface area contributed by atoms with E-state index in [1.165, 1.54) is 0 Å². The summed E-state index contributed by atoms with van der Waals surface area (Å²) in [4.78, 5) is 22.9. The number of β-amino-alcohol motifs (C(OH)–C–C–N with tert-alkyl or cyclic N) is 1. The standard InChI is InChI=1S/C20H23N3O3/c1-14-3-2-4-17(9-14)26-13-20(25)7-8-23(12-20)19(24)16-10-21-18(22-11-16)15-5-6-15/h2-4,9-11,15,25H,5-8,12-13H2,1H3/t20-/m0/s1. The molecular formula is C20H23N3O3. The van der Waals surface area contributed by atoms with Crippen LogP contribution in [-0.2, 0) is 0 Å². The molecule has 1 atom stereocenters. The number of benzene rings is 1. The van der Waals surface area contributed by atoms with Gasteiger partial charge < -0.3 is 14.7 Å². The van der Waals surface area contributed by atoms with Crippen LogP contribution in [0.3, 0.4) is 0 Å². The Morgan fingerprint density at radius 3 is 2.81 bits per heavy atom. The number of likely N-dealkylation sites (tertiary alicyclic amines) is 1. The number of carbonyl (C=O) groups is 1. The van der Waals surface area contributed by atoms with Gasteiger partial charge >= 0.3 is 0 Å². The van der Waals surface area contributed by atoms with Crippen molar-refractivity contribution in [3.63, 3.8) is 0 Å². The number of hydrogen-bond donors (Lipinski definition) is 1. The van der Waals surface area contributed by atoms with Crippen molar-refractivity contribution in [1.29, 1.82) is 0 Å². The minimum atomic E-state index is -1.03. The minimum absolute atomic E-state index is 0.140. The maximum Gasteiger partial charge on any atom is 0.257 e. The molecule has 0 unspecified atom stereocenters. The van der Waals surface area contributed by atoms with E-state index in [4.69, 9.17) is 4.74 Å². The van der Waals surface area contributed by atoms with Crippen LogP contribution in [0.5, 0.6) is 5.75 Å². The van der Waals surface area contributed by atoms with Crippen molar-refractivity contribution in [2.75, 3.05) is 19.7 Å². The van der Waals surface area contributed by atoms with E-state index < -0.39 is 5.60 Å². The zero-order valence-corrected chi connectivity index (χ0v) is 14.9. The Bertz CT molecular complexity index is 804. The highest BCUT2D eigenvalue weighted by Gasteiger charge is 2.39. The third-order valence-electron chi connectivity index (χ3n) is 4.98. The van der Waals surface area contributed by atoms with Gasteiger partial charge in [-0.05, 0) is 43.9 Å². The summed E-state index contributed by atoms with van der Waals surface area (Å²) in [6.07, 6.45) is 5.96. The van der Waals surface area contributed by atoms with Crippen LogP contribution in [0.25, 0.3) is 0 Å². The van der Waals surface area contributed by atoms with Gasteiger partial charge in [-0.1, -0.05) is 12.1 Å². The van der Waals surface area contributed by atoms with E-state index in [0.29, 0.717) is 24.4 Å². The molecule has 1 N–H and O–H groups in total. The van der Waals surface area contributed by atoms with Gasteiger partial charge in [0, 0.05) is 24.9 Å². The van der Waals surface area contributed by atoms with Crippen molar-refractivity contribution >= 4 is 5.91 Å². The summed E-state index contributed by atoms with van der Waals surface area (Å²) in [6, 6.07) is 7.71. The number of ether oxygens (including phenoxy) is 1. The summed E-state index contributed by atoms with van der Waals surface area (Å²) in [7, 11) is 0. The average molecular weight is 353 g/mol. The van der Waals surface area contributed by atoms with Crippen molar-refractivity contribution in [3.05, 3.63) is 53.6 Å². The van der Waals surface area contributed by atoms with Gasteiger partial charge in [-0.2, -0.15) is 0 Å². The lowest BCUT2D eigenvalue weighted by Crippen LogP contribution is -2.40. The van der Waals surface area contributed by atoms with Gasteiger partial charge in [0.05, 0.1) is 12.1 Å². The second-order valence-corrected chi connectivity index (χ2v) is 7.41. The third-order valence-corrected chi connectivity index (χ3v) is 4.98. The molecular weight excluding hydrogens is 330 g/mol. The number of amides is 1. The fourth-order valence-corrected chi connectivity index (χ4v) is 3.25. The van der Waals surface area contributed by atoms with E-state index in [1.807, 2.05) is 31.2 Å². The van der Waals surface area contributed by atoms with Crippen molar-refractivity contribution in [3.8, 4) is 5.75 Å². The molecule has 136 valence electrons. The summed E-state index contributed by atoms with van der Waals surface area (Å²) in [5, 5.41) is 10.8. The van der Waals surface area contributed by atoms with Gasteiger partial charge in [0.15, 0.2) is 0 Å². The Balaban J connectivity index is 1.36. The number of rotatable bonds is 5. The van der Waals surface area contributed by atoms with Crippen LogP contribution < -0.4 is 4.74 Å². The molecule has 1 aliphatic carbocycles. The van der Waals surface area contributed by atoms with E-state index >= 15 is 0 Å². The molecule has 26 heavy (non-hydrogen) atoms. The molecule has 1 aliphatic heterocycles. The molecule has 6 nitrogen and oxygen atoms in total. The van der Waals surface area contributed by atoms with Crippen molar-refractivity contribution in [1.82, 2.24) is 14.9 Å². The molecule has 1 aromatic carbocycles. The van der Waals surface area contributed by atoms with Gasteiger partial charge in [-0.25, -0.2) is 9.97 Å². The highest BCUT2D eigenvalue weighted by atomic mass is 16.5. The van der Waals surface area contributed by atoms with Crippen LogP contribution in [0.2, 0.25) is 0 Å². The number of carbonyl (C=O) groups excluding carboxylic acids is 1. The maximum absolute atomic E-state index is 12.6. The molecule has 2 heterocycles. The molecule has 2 aromatic rings. The topological polar surface area (TPSA) is 75.6 Å². The first kappa shape index (κ1) is 17.0. The lowest BCUT2D eigenvalue weighted by molar-refractivity contribution is 0.00428. The minimum Gasteiger partial charge on any atom is -0.491 e. The maximum atomic E-state index is 12.6. The monoisotopic (exact) mass is 353 g/mol. The number of aromatic nitrogens is 2. The summed E-state index contributed by atoms with van der Waals surface area (Å²) in [5.74, 6) is 1.88. The summed E-state index contributed by atoms with van der Waals surface area (Å²) >= 11 is 0. The predicted octanol–water partition coefficient (Wildman–Crippen LogP) is 2.32. The Morgan fingerprint density at radius 2 is 2.12 bits per heavy atom. The smallest absolute Gasteiger partial charge is 0.257 e. The predicted molar refractivity (Wildman–Crippen MR) is 96.2 cm³/mol. The van der Waals surface area contributed by atoms with Crippen LogP contribution in [0.1, 0.15) is 46.9 Å². The summed E-state index contributed by atoms with van der Waals surface area (Å²) < 4.78 is 5.74. The normalized spacial score (nSPS) is 22.5. The van der Waals surface area contributed by atoms with Crippen molar-refractivity contribution in [2.45, 2.75) is 37.7 Å². The van der Waals surface area contributed by atoms with Crippen LogP contribution in [0, 0.1) is 6.92 Å². The number of nitrogens with zero attached hydrogens (tertiary/aromatic N) is 3. The van der Waals surface area contributed by atoms with E-state index in [0.717, 1.165) is 30.0 Å². The molecule has 1 amide bonds. The number of aryl methyl sites for hydroxylation is 1. The number of aliphatic hydroxyl groups is 1. The molecule has 2 aliphatic rings. The molecule has 4 rings (SSSR count). The Labute approximate surface area is 152 Å². The Hall–Kier alpha value is -2.47. The highest BCUT2D eigenvalue weighted by Crippen LogP contribution is 2.37. The molecule has 1 aromatic heterocycles. The Morgan fingerprint density at radius 1 is 1.35 bits per heavy atom. The second kappa shape index (κ2) is 6.68. The van der Waals surface area contributed by atoms with Crippen LogP contribution >= 0.6 is 0 Å². The first-order chi connectivity index (χ1) is 12.5. The van der Waals surface area contributed by atoms with Crippen LogP contribution in [0.15, 0.2) is 36.7 Å². The fraction of sp³-hybridized carbons (Fsp3) is 0.450. The van der Waals surface area contributed by atoms with E-state index in [2.05, 4.69) is 9.97 Å². The first-order valence-corrected chi connectivity index (χ1v) is 9.05. The van der Waals surface area contributed by atoms with Crippen LogP contribution in [0.4, 0.5) is 0 Å². The molecule has 0 spiro atoms. The van der Waals surface area contributed by atoms with E-state index in [-0.39, 0.29) is 19.1 Å². The zero-order chi connectivity index (χ0) is 18.1. The molecule has 1 saturated carbocycles.